The van der Waals surface area contributed by atoms with Crippen molar-refractivity contribution in [2.45, 2.75) is 19.9 Å². The van der Waals surface area contributed by atoms with Gasteiger partial charge < -0.3 is 14.6 Å². The van der Waals surface area contributed by atoms with Crippen LogP contribution in [0.4, 0.5) is 0 Å². The molecule has 2 rings (SSSR count). The fourth-order valence-electron chi connectivity index (χ4n) is 1.99. The van der Waals surface area contributed by atoms with Crippen molar-refractivity contribution in [1.82, 2.24) is 9.88 Å². The second kappa shape index (κ2) is 5.58. The zero-order chi connectivity index (χ0) is 13.0. The van der Waals surface area contributed by atoms with Crippen LogP contribution in [-0.4, -0.2) is 24.1 Å². The molecule has 1 heterocycles. The van der Waals surface area contributed by atoms with Crippen molar-refractivity contribution >= 4 is 16.8 Å². The monoisotopic (exact) mass is 246 g/mol. The minimum Gasteiger partial charge on any atom is -0.496 e. The Balaban J connectivity index is 2.22. The first-order chi connectivity index (χ1) is 8.76. The maximum absolute atomic E-state index is 11.7. The number of hydrogen-bond donors (Lipinski definition) is 1. The number of amides is 1. The first kappa shape index (κ1) is 12.5. The van der Waals surface area contributed by atoms with E-state index in [2.05, 4.69) is 5.32 Å². The van der Waals surface area contributed by atoms with Crippen molar-refractivity contribution < 1.29 is 9.53 Å². The van der Waals surface area contributed by atoms with E-state index in [1.54, 1.807) is 7.11 Å². The van der Waals surface area contributed by atoms with Crippen LogP contribution in [0.3, 0.4) is 0 Å². The van der Waals surface area contributed by atoms with Crippen LogP contribution in [0.15, 0.2) is 30.5 Å². The summed E-state index contributed by atoms with van der Waals surface area (Å²) in [6.45, 7) is 3.11. The van der Waals surface area contributed by atoms with Crippen LogP contribution >= 0.6 is 0 Å². The van der Waals surface area contributed by atoms with Crippen LogP contribution in [0.1, 0.15) is 13.3 Å². The lowest BCUT2D eigenvalue weighted by atomic mass is 10.2. The second-order valence-electron chi connectivity index (χ2n) is 4.19. The fourth-order valence-corrected chi connectivity index (χ4v) is 1.99. The highest BCUT2D eigenvalue weighted by molar-refractivity contribution is 5.88. The van der Waals surface area contributed by atoms with E-state index in [4.69, 9.17) is 4.74 Å². The lowest BCUT2D eigenvalue weighted by molar-refractivity contribution is -0.121. The molecule has 0 aliphatic heterocycles. The minimum atomic E-state index is 0.0390. The Morgan fingerprint density at radius 3 is 2.94 bits per heavy atom. The van der Waals surface area contributed by atoms with Crippen LogP contribution < -0.4 is 10.1 Å². The number of fused-ring (bicyclic) bond motifs is 1. The minimum absolute atomic E-state index is 0.0390. The molecule has 0 unspecified atom stereocenters. The Morgan fingerprint density at radius 2 is 2.22 bits per heavy atom. The number of methoxy groups -OCH3 is 1. The summed E-state index contributed by atoms with van der Waals surface area (Å²) in [5.41, 5.74) is 1.01. The van der Waals surface area contributed by atoms with E-state index in [9.17, 15) is 4.79 Å². The van der Waals surface area contributed by atoms with Crippen LogP contribution in [0.5, 0.6) is 5.75 Å². The van der Waals surface area contributed by atoms with Crippen LogP contribution in [0, 0.1) is 0 Å². The van der Waals surface area contributed by atoms with Gasteiger partial charge in [0.25, 0.3) is 0 Å². The van der Waals surface area contributed by atoms with E-state index in [0.29, 0.717) is 6.54 Å². The standard InChI is InChI=1S/C14H18N2O2/c1-3-8-15-14(17)10-16-9-7-11-12(16)5-4-6-13(11)18-2/h4-7,9H,3,8,10H2,1-2H3,(H,15,17). The molecular weight excluding hydrogens is 228 g/mol. The zero-order valence-electron chi connectivity index (χ0n) is 10.8. The number of nitrogens with one attached hydrogen (secondary N) is 1. The molecule has 0 saturated heterocycles. The average Bonchev–Trinajstić information content (AvgIpc) is 2.79. The molecule has 1 aromatic carbocycles. The Bertz CT molecular complexity index is 546. The molecule has 1 aromatic heterocycles. The van der Waals surface area contributed by atoms with Gasteiger partial charge in [0.1, 0.15) is 12.3 Å². The van der Waals surface area contributed by atoms with E-state index in [-0.39, 0.29) is 5.91 Å². The highest BCUT2D eigenvalue weighted by Crippen LogP contribution is 2.25. The number of nitrogens with zero attached hydrogens (tertiary/aromatic N) is 1. The molecule has 4 nitrogen and oxygen atoms in total. The summed E-state index contributed by atoms with van der Waals surface area (Å²) < 4.78 is 7.23. The molecule has 2 aromatic rings. The van der Waals surface area contributed by atoms with Gasteiger partial charge in [0.2, 0.25) is 5.91 Å². The molecule has 0 spiro atoms. The molecule has 96 valence electrons. The molecule has 0 aliphatic rings. The van der Waals surface area contributed by atoms with Crippen molar-refractivity contribution in [1.29, 1.82) is 0 Å². The third-order valence-corrected chi connectivity index (χ3v) is 2.88. The van der Waals surface area contributed by atoms with Gasteiger partial charge in [-0.1, -0.05) is 13.0 Å². The molecule has 0 saturated carbocycles. The SMILES string of the molecule is CCCNC(=O)Cn1ccc2c(OC)cccc21. The van der Waals surface area contributed by atoms with E-state index < -0.39 is 0 Å². The van der Waals surface area contributed by atoms with Gasteiger partial charge in [-0.2, -0.15) is 0 Å². The van der Waals surface area contributed by atoms with Crippen molar-refractivity contribution in [3.8, 4) is 5.75 Å². The summed E-state index contributed by atoms with van der Waals surface area (Å²) in [4.78, 5) is 11.7. The lowest BCUT2D eigenvalue weighted by Crippen LogP contribution is -2.27. The largest absolute Gasteiger partial charge is 0.496 e. The van der Waals surface area contributed by atoms with Gasteiger partial charge in [0.15, 0.2) is 0 Å². The normalized spacial score (nSPS) is 10.6. The van der Waals surface area contributed by atoms with Gasteiger partial charge in [-0.15, -0.1) is 0 Å². The molecule has 1 amide bonds. The lowest BCUT2D eigenvalue weighted by Gasteiger charge is -2.07. The molecule has 0 atom stereocenters. The number of carbonyl (C=O) groups is 1. The zero-order valence-corrected chi connectivity index (χ0v) is 10.8. The summed E-state index contributed by atoms with van der Waals surface area (Å²) >= 11 is 0. The van der Waals surface area contributed by atoms with Gasteiger partial charge >= 0.3 is 0 Å². The molecule has 0 radical (unpaired) electrons. The van der Waals surface area contributed by atoms with E-state index in [1.165, 1.54) is 0 Å². The Hall–Kier alpha value is -1.97. The molecule has 18 heavy (non-hydrogen) atoms. The first-order valence-corrected chi connectivity index (χ1v) is 6.14. The Morgan fingerprint density at radius 1 is 1.39 bits per heavy atom. The van der Waals surface area contributed by atoms with Gasteiger partial charge in [0, 0.05) is 18.1 Å². The number of benzene rings is 1. The summed E-state index contributed by atoms with van der Waals surface area (Å²) in [6.07, 6.45) is 2.87. The highest BCUT2D eigenvalue weighted by Gasteiger charge is 2.08. The maximum Gasteiger partial charge on any atom is 0.239 e. The van der Waals surface area contributed by atoms with Gasteiger partial charge in [-0.05, 0) is 24.6 Å². The summed E-state index contributed by atoms with van der Waals surface area (Å²) in [7, 11) is 1.65. The smallest absolute Gasteiger partial charge is 0.239 e. The fraction of sp³-hybridized carbons (Fsp3) is 0.357. The van der Waals surface area contributed by atoms with Gasteiger partial charge in [-0.3, -0.25) is 4.79 Å². The van der Waals surface area contributed by atoms with Gasteiger partial charge in [0.05, 0.1) is 12.6 Å². The van der Waals surface area contributed by atoms with E-state index in [1.807, 2.05) is 42.0 Å². The number of rotatable bonds is 5. The van der Waals surface area contributed by atoms with Crippen molar-refractivity contribution in [2.75, 3.05) is 13.7 Å². The molecule has 1 N–H and O–H groups in total. The summed E-state index contributed by atoms with van der Waals surface area (Å²) in [5, 5.41) is 3.90. The first-order valence-electron chi connectivity index (χ1n) is 6.14. The van der Waals surface area contributed by atoms with Crippen LogP contribution in [-0.2, 0) is 11.3 Å². The predicted molar refractivity (Wildman–Crippen MR) is 71.8 cm³/mol. The number of aromatic nitrogens is 1. The van der Waals surface area contributed by atoms with Crippen LogP contribution in [0.2, 0.25) is 0 Å². The number of carbonyl (C=O) groups excluding carboxylic acids is 1. The summed E-state index contributed by atoms with van der Waals surface area (Å²) in [6, 6.07) is 7.82. The van der Waals surface area contributed by atoms with Crippen molar-refractivity contribution in [3.63, 3.8) is 0 Å². The molecule has 0 fully saturated rings. The van der Waals surface area contributed by atoms with Crippen molar-refractivity contribution in [3.05, 3.63) is 30.5 Å². The topological polar surface area (TPSA) is 43.3 Å². The third-order valence-electron chi connectivity index (χ3n) is 2.88. The average molecular weight is 246 g/mol. The molecule has 0 bridgehead atoms. The van der Waals surface area contributed by atoms with Gasteiger partial charge in [-0.25, -0.2) is 0 Å². The highest BCUT2D eigenvalue weighted by atomic mass is 16.5. The second-order valence-corrected chi connectivity index (χ2v) is 4.19. The predicted octanol–water partition coefficient (Wildman–Crippen LogP) is 2.18. The number of ether oxygens (including phenoxy) is 1. The Labute approximate surface area is 107 Å². The molecule has 0 aliphatic carbocycles. The molecular formula is C14H18N2O2. The number of hydrogen-bond acceptors (Lipinski definition) is 2. The quantitative estimate of drug-likeness (QED) is 0.878. The third kappa shape index (κ3) is 2.47. The Kier molecular flexibility index (Phi) is 3.87. The van der Waals surface area contributed by atoms with Crippen molar-refractivity contribution in [2.24, 2.45) is 0 Å². The van der Waals surface area contributed by atoms with E-state index in [0.717, 1.165) is 29.6 Å². The van der Waals surface area contributed by atoms with E-state index >= 15 is 0 Å². The van der Waals surface area contributed by atoms with Crippen LogP contribution in [0.25, 0.3) is 10.9 Å². The molecule has 4 heteroatoms. The summed E-state index contributed by atoms with van der Waals surface area (Å²) in [5.74, 6) is 0.873. The maximum atomic E-state index is 11.7.